The zero-order chi connectivity index (χ0) is 11.7. The zero-order valence-electron chi connectivity index (χ0n) is 9.39. The molecule has 0 fully saturated rings. The molecule has 0 atom stereocenters. The van der Waals surface area contributed by atoms with Crippen molar-refractivity contribution in [3.05, 3.63) is 11.8 Å². The average molecular weight is 236 g/mol. The first-order valence-electron chi connectivity index (χ1n) is 4.87. The van der Waals surface area contributed by atoms with Gasteiger partial charge in [0, 0.05) is 17.5 Å². The third-order valence-electron chi connectivity index (χ3n) is 2.13. The van der Waals surface area contributed by atoms with Crippen LogP contribution in [0.4, 0.5) is 5.82 Å². The molecule has 1 aliphatic rings. The van der Waals surface area contributed by atoms with Crippen molar-refractivity contribution in [2.45, 2.75) is 25.4 Å². The molecule has 0 aliphatic carbocycles. The van der Waals surface area contributed by atoms with Crippen molar-refractivity contribution in [2.75, 3.05) is 11.3 Å². The van der Waals surface area contributed by atoms with Crippen molar-refractivity contribution >= 4 is 29.2 Å². The van der Waals surface area contributed by atoms with E-state index in [1.54, 1.807) is 6.07 Å². The number of thioether (sulfide) groups is 1. The fourth-order valence-electron chi connectivity index (χ4n) is 1.46. The van der Waals surface area contributed by atoms with Gasteiger partial charge in [-0.15, -0.1) is 0 Å². The van der Waals surface area contributed by atoms with E-state index >= 15 is 0 Å². The molecule has 16 heavy (non-hydrogen) atoms. The smallest absolute Gasteiger partial charge is 0.254 e. The molecule has 6 heteroatoms. The van der Waals surface area contributed by atoms with Crippen LogP contribution in [0, 0.1) is 6.92 Å². The fraction of sp³-hybridized carbons (Fsp3) is 0.400. The van der Waals surface area contributed by atoms with Gasteiger partial charge in [-0.05, 0) is 20.1 Å². The highest BCUT2D eigenvalue weighted by molar-refractivity contribution is 7.98. The molecule has 0 aromatic carbocycles. The van der Waals surface area contributed by atoms with Crippen LogP contribution in [0.2, 0.25) is 0 Å². The molecule has 0 unspecified atom stereocenters. The number of hydrazone groups is 1. The number of carbonyl (C=O) groups is 1. The number of hydrogen-bond acceptors (Lipinski definition) is 5. The molecule has 0 spiro atoms. The van der Waals surface area contributed by atoms with E-state index in [0.29, 0.717) is 17.4 Å². The lowest BCUT2D eigenvalue weighted by atomic mass is 10.3. The van der Waals surface area contributed by atoms with Crippen LogP contribution in [0.5, 0.6) is 0 Å². The largest absolute Gasteiger partial charge is 0.272 e. The van der Waals surface area contributed by atoms with Crippen LogP contribution in [-0.4, -0.2) is 27.8 Å². The summed E-state index contributed by atoms with van der Waals surface area (Å²) in [7, 11) is 0. The second-order valence-corrected chi connectivity index (χ2v) is 4.35. The summed E-state index contributed by atoms with van der Waals surface area (Å²) in [5, 5.41) is 6.16. The second-order valence-electron chi connectivity index (χ2n) is 3.57. The minimum absolute atomic E-state index is 0.0392. The maximum atomic E-state index is 11.6. The van der Waals surface area contributed by atoms with E-state index < -0.39 is 0 Å². The molecular weight excluding hydrogens is 224 g/mol. The summed E-state index contributed by atoms with van der Waals surface area (Å²) in [6.07, 6.45) is 2.27. The van der Waals surface area contributed by atoms with Gasteiger partial charge in [-0.25, -0.2) is 9.97 Å². The average Bonchev–Trinajstić information content (AvgIpc) is 2.57. The summed E-state index contributed by atoms with van der Waals surface area (Å²) < 4.78 is 0. The van der Waals surface area contributed by atoms with Crippen LogP contribution >= 0.6 is 11.8 Å². The first kappa shape index (κ1) is 11.1. The lowest BCUT2D eigenvalue weighted by molar-refractivity contribution is -0.116. The minimum atomic E-state index is -0.0392. The molecule has 1 aliphatic heterocycles. The van der Waals surface area contributed by atoms with Crippen molar-refractivity contribution in [2.24, 2.45) is 5.10 Å². The van der Waals surface area contributed by atoms with E-state index in [0.717, 1.165) is 11.4 Å². The Bertz CT molecular complexity index is 472. The van der Waals surface area contributed by atoms with Gasteiger partial charge in [-0.3, -0.25) is 4.79 Å². The second kappa shape index (κ2) is 4.21. The summed E-state index contributed by atoms with van der Waals surface area (Å²) in [5.74, 6) is 0.515. The topological polar surface area (TPSA) is 58.5 Å². The molecule has 1 aromatic rings. The molecular formula is C10H12N4OS. The highest BCUT2D eigenvalue weighted by atomic mass is 32.2. The van der Waals surface area contributed by atoms with Gasteiger partial charge in [0.15, 0.2) is 11.0 Å². The van der Waals surface area contributed by atoms with E-state index in [2.05, 4.69) is 15.1 Å². The summed E-state index contributed by atoms with van der Waals surface area (Å²) in [5.41, 5.74) is 1.65. The van der Waals surface area contributed by atoms with Gasteiger partial charge >= 0.3 is 0 Å². The minimum Gasteiger partial charge on any atom is -0.272 e. The zero-order valence-corrected chi connectivity index (χ0v) is 10.2. The van der Waals surface area contributed by atoms with Gasteiger partial charge in [-0.1, -0.05) is 11.8 Å². The maximum Gasteiger partial charge on any atom is 0.254 e. The Balaban J connectivity index is 2.40. The van der Waals surface area contributed by atoms with Gasteiger partial charge in [0.05, 0.1) is 6.42 Å². The molecule has 2 rings (SSSR count). The van der Waals surface area contributed by atoms with Crippen molar-refractivity contribution in [1.29, 1.82) is 0 Å². The lowest BCUT2D eigenvalue weighted by Crippen LogP contribution is -2.21. The Labute approximate surface area is 98.0 Å². The quantitative estimate of drug-likeness (QED) is 0.578. The summed E-state index contributed by atoms with van der Waals surface area (Å²) >= 11 is 1.45. The Morgan fingerprint density at radius 2 is 2.12 bits per heavy atom. The number of carbonyl (C=O) groups excluding carboxylic acids is 1. The Morgan fingerprint density at radius 1 is 1.38 bits per heavy atom. The third-order valence-corrected chi connectivity index (χ3v) is 2.68. The molecule has 5 nitrogen and oxygen atoms in total. The first-order chi connectivity index (χ1) is 7.60. The van der Waals surface area contributed by atoms with Crippen LogP contribution in [0.25, 0.3) is 0 Å². The number of anilines is 1. The molecule has 1 aromatic heterocycles. The van der Waals surface area contributed by atoms with E-state index in [4.69, 9.17) is 0 Å². The van der Waals surface area contributed by atoms with Crippen molar-refractivity contribution in [3.8, 4) is 0 Å². The predicted molar refractivity (Wildman–Crippen MR) is 63.8 cm³/mol. The Hall–Kier alpha value is -1.43. The maximum absolute atomic E-state index is 11.6. The number of nitrogens with zero attached hydrogens (tertiary/aromatic N) is 4. The number of aryl methyl sites for hydroxylation is 1. The van der Waals surface area contributed by atoms with Gasteiger partial charge in [0.25, 0.3) is 5.91 Å². The molecule has 1 amide bonds. The number of rotatable bonds is 2. The van der Waals surface area contributed by atoms with Crippen LogP contribution in [0.1, 0.15) is 19.0 Å². The monoisotopic (exact) mass is 236 g/mol. The SMILES string of the molecule is CSc1nc(C)cc(N2N=C(C)CC2=O)n1. The van der Waals surface area contributed by atoms with E-state index in [9.17, 15) is 4.79 Å². The summed E-state index contributed by atoms with van der Waals surface area (Å²) in [6.45, 7) is 3.71. The normalized spacial score (nSPS) is 15.6. The summed E-state index contributed by atoms with van der Waals surface area (Å²) in [4.78, 5) is 20.1. The van der Waals surface area contributed by atoms with Gasteiger partial charge in [0.2, 0.25) is 0 Å². The van der Waals surface area contributed by atoms with Gasteiger partial charge in [-0.2, -0.15) is 10.1 Å². The Kier molecular flexibility index (Phi) is 2.91. The first-order valence-corrected chi connectivity index (χ1v) is 6.09. The molecule has 0 radical (unpaired) electrons. The van der Waals surface area contributed by atoms with E-state index in [1.165, 1.54) is 16.8 Å². The van der Waals surface area contributed by atoms with Crippen LogP contribution in [0.3, 0.4) is 0 Å². The number of amides is 1. The van der Waals surface area contributed by atoms with E-state index in [-0.39, 0.29) is 5.91 Å². The van der Waals surface area contributed by atoms with Crippen LogP contribution in [-0.2, 0) is 4.79 Å². The van der Waals surface area contributed by atoms with Gasteiger partial charge < -0.3 is 0 Å². The van der Waals surface area contributed by atoms with E-state index in [1.807, 2.05) is 20.1 Å². The Morgan fingerprint density at radius 3 is 2.69 bits per heavy atom. The van der Waals surface area contributed by atoms with Crippen LogP contribution < -0.4 is 5.01 Å². The van der Waals surface area contributed by atoms with Crippen molar-refractivity contribution in [1.82, 2.24) is 9.97 Å². The molecule has 84 valence electrons. The lowest BCUT2D eigenvalue weighted by Gasteiger charge is -2.11. The van der Waals surface area contributed by atoms with Crippen molar-refractivity contribution in [3.63, 3.8) is 0 Å². The number of hydrogen-bond donors (Lipinski definition) is 0. The number of aromatic nitrogens is 2. The van der Waals surface area contributed by atoms with Crippen LogP contribution in [0.15, 0.2) is 16.3 Å². The molecule has 0 N–H and O–H groups in total. The highest BCUT2D eigenvalue weighted by Gasteiger charge is 2.24. The highest BCUT2D eigenvalue weighted by Crippen LogP contribution is 2.21. The fourth-order valence-corrected chi connectivity index (χ4v) is 1.88. The van der Waals surface area contributed by atoms with Gasteiger partial charge in [0.1, 0.15) is 0 Å². The standard InChI is InChI=1S/C10H12N4OS/c1-6-4-8(12-10(11-6)16-3)14-9(15)5-7(2)13-14/h4H,5H2,1-3H3. The predicted octanol–water partition coefficient (Wildman–Crippen LogP) is 1.62. The summed E-state index contributed by atoms with van der Waals surface area (Å²) in [6, 6.07) is 1.76. The van der Waals surface area contributed by atoms with Crippen molar-refractivity contribution < 1.29 is 4.79 Å². The molecule has 0 bridgehead atoms. The molecule has 2 heterocycles. The molecule has 0 saturated heterocycles. The molecule has 0 saturated carbocycles. The third kappa shape index (κ3) is 2.06.